The number of carboxylic acid groups (broad SMARTS) is 1. The molecule has 1 aromatic carbocycles. The van der Waals surface area contributed by atoms with Gasteiger partial charge in [-0.1, -0.05) is 30.3 Å². The van der Waals surface area contributed by atoms with E-state index in [1.807, 2.05) is 18.2 Å². The normalized spacial score (nSPS) is 26.3. The zero-order chi connectivity index (χ0) is 17.3. The Labute approximate surface area is 136 Å². The number of β-amino-alcohol motifs (C(OH)–C–C–N with tert-alkyl or cyclic N) is 1. The first-order chi connectivity index (χ1) is 10.7. The first-order valence-corrected chi connectivity index (χ1v) is 8.73. The highest BCUT2D eigenvalue weighted by molar-refractivity contribution is 7.86. The molecule has 2 atom stereocenters. The van der Waals surface area contributed by atoms with Gasteiger partial charge in [-0.3, -0.25) is 4.79 Å². The van der Waals surface area contributed by atoms with Crippen molar-refractivity contribution in [2.45, 2.75) is 18.9 Å². The maximum atomic E-state index is 12.2. The molecule has 7 nitrogen and oxygen atoms in total. The van der Waals surface area contributed by atoms with E-state index in [0.717, 1.165) is 14.2 Å². The number of piperidine rings is 1. The van der Waals surface area contributed by atoms with Crippen molar-refractivity contribution in [2.24, 2.45) is 5.41 Å². The summed E-state index contributed by atoms with van der Waals surface area (Å²) in [4.78, 5) is 11.8. The summed E-state index contributed by atoms with van der Waals surface area (Å²) in [6.45, 7) is -0.156. The molecule has 0 aliphatic carbocycles. The van der Waals surface area contributed by atoms with Gasteiger partial charge >= 0.3 is 5.97 Å². The van der Waals surface area contributed by atoms with Gasteiger partial charge in [0.1, 0.15) is 5.41 Å². The Morgan fingerprint density at radius 1 is 1.35 bits per heavy atom. The highest BCUT2D eigenvalue weighted by Gasteiger charge is 2.50. The van der Waals surface area contributed by atoms with Crippen molar-refractivity contribution in [2.75, 3.05) is 27.2 Å². The third-order valence-corrected chi connectivity index (χ3v) is 6.30. The summed E-state index contributed by atoms with van der Waals surface area (Å²) in [5.41, 5.74) is -0.572. The van der Waals surface area contributed by atoms with Crippen molar-refractivity contribution in [1.29, 1.82) is 0 Å². The molecule has 0 amide bonds. The molecule has 2 N–H and O–H groups in total. The van der Waals surface area contributed by atoms with Crippen LogP contribution in [0.15, 0.2) is 30.3 Å². The molecule has 128 valence electrons. The summed E-state index contributed by atoms with van der Waals surface area (Å²) in [5.74, 6) is -1.10. The second-order valence-electron chi connectivity index (χ2n) is 6.04. The molecule has 1 aliphatic rings. The highest BCUT2D eigenvalue weighted by atomic mass is 32.2. The highest BCUT2D eigenvalue weighted by Crippen LogP contribution is 2.37. The van der Waals surface area contributed by atoms with Crippen LogP contribution in [0.5, 0.6) is 0 Å². The number of aliphatic carboxylic acids is 1. The second-order valence-corrected chi connectivity index (χ2v) is 8.18. The Kier molecular flexibility index (Phi) is 5.10. The molecule has 23 heavy (non-hydrogen) atoms. The molecule has 0 spiro atoms. The van der Waals surface area contributed by atoms with Crippen molar-refractivity contribution in [3.8, 4) is 0 Å². The second kappa shape index (κ2) is 6.56. The first kappa shape index (κ1) is 17.9. The number of hydrogen-bond donors (Lipinski definition) is 2. The fourth-order valence-electron chi connectivity index (χ4n) is 2.88. The van der Waals surface area contributed by atoms with Crippen LogP contribution in [0.2, 0.25) is 0 Å². The van der Waals surface area contributed by atoms with Crippen molar-refractivity contribution in [3.05, 3.63) is 35.9 Å². The number of nitrogens with zero attached hydrogens (tertiary/aromatic N) is 2. The summed E-state index contributed by atoms with van der Waals surface area (Å²) >= 11 is 0. The number of aliphatic hydroxyl groups is 1. The van der Waals surface area contributed by atoms with E-state index >= 15 is 0 Å². The molecule has 8 heteroatoms. The average molecular weight is 342 g/mol. The molecule has 0 unspecified atom stereocenters. The van der Waals surface area contributed by atoms with E-state index in [9.17, 15) is 23.4 Å². The van der Waals surface area contributed by atoms with E-state index in [1.165, 1.54) is 14.1 Å². The number of aliphatic hydroxyl groups excluding tert-OH is 1. The summed E-state index contributed by atoms with van der Waals surface area (Å²) < 4.78 is 26.5. The molecule has 0 saturated carbocycles. The van der Waals surface area contributed by atoms with E-state index in [0.29, 0.717) is 0 Å². The van der Waals surface area contributed by atoms with Crippen LogP contribution in [0.1, 0.15) is 12.0 Å². The minimum absolute atomic E-state index is 0.0610. The van der Waals surface area contributed by atoms with E-state index in [4.69, 9.17) is 0 Å². The Morgan fingerprint density at radius 2 is 1.96 bits per heavy atom. The van der Waals surface area contributed by atoms with Crippen LogP contribution >= 0.6 is 0 Å². The van der Waals surface area contributed by atoms with Gasteiger partial charge in [-0.25, -0.2) is 0 Å². The van der Waals surface area contributed by atoms with Crippen LogP contribution in [-0.4, -0.2) is 66.5 Å². The maximum Gasteiger partial charge on any atom is 0.312 e. The lowest BCUT2D eigenvalue weighted by Gasteiger charge is -2.42. The molecule has 0 bridgehead atoms. The lowest BCUT2D eigenvalue weighted by molar-refractivity contribution is -0.161. The lowest BCUT2D eigenvalue weighted by Crippen LogP contribution is -2.58. The number of carboxylic acids is 1. The Morgan fingerprint density at radius 3 is 2.43 bits per heavy atom. The van der Waals surface area contributed by atoms with E-state index < -0.39 is 27.7 Å². The minimum atomic E-state index is -3.67. The van der Waals surface area contributed by atoms with Crippen molar-refractivity contribution in [1.82, 2.24) is 8.61 Å². The maximum absolute atomic E-state index is 12.2. The smallest absolute Gasteiger partial charge is 0.312 e. The van der Waals surface area contributed by atoms with Gasteiger partial charge in [0.05, 0.1) is 6.10 Å². The Hall–Kier alpha value is -1.48. The van der Waals surface area contributed by atoms with Crippen LogP contribution in [0, 0.1) is 5.41 Å². The minimum Gasteiger partial charge on any atom is -0.481 e. The molecular weight excluding hydrogens is 320 g/mol. The molecule has 2 rings (SSSR count). The molecule has 1 aliphatic heterocycles. The van der Waals surface area contributed by atoms with Gasteiger partial charge in [0, 0.05) is 27.2 Å². The van der Waals surface area contributed by atoms with Crippen molar-refractivity contribution < 1.29 is 23.4 Å². The largest absolute Gasteiger partial charge is 0.481 e. The number of benzene rings is 1. The standard InChI is InChI=1S/C15H22N2O5S/c1-16(2)23(21,22)17-9-8-15(14(19)20,13(18)11-17)10-12-6-4-3-5-7-12/h3-7,13,18H,8-11H2,1-2H3,(H,19,20)/t13-,15+/m0/s1. The van der Waals surface area contributed by atoms with Gasteiger partial charge in [0.25, 0.3) is 10.2 Å². The van der Waals surface area contributed by atoms with E-state index in [2.05, 4.69) is 0 Å². The zero-order valence-electron chi connectivity index (χ0n) is 13.2. The SMILES string of the molecule is CN(C)S(=O)(=O)N1CC[C@](Cc2ccccc2)(C(=O)O)[C@@H](O)C1. The number of carbonyl (C=O) groups is 1. The lowest BCUT2D eigenvalue weighted by atomic mass is 9.72. The number of hydrogen-bond acceptors (Lipinski definition) is 4. The van der Waals surface area contributed by atoms with Gasteiger partial charge in [-0.15, -0.1) is 0 Å². The van der Waals surface area contributed by atoms with E-state index in [1.54, 1.807) is 12.1 Å². The Balaban J connectivity index is 2.26. The van der Waals surface area contributed by atoms with Crippen LogP contribution in [0.25, 0.3) is 0 Å². The topological polar surface area (TPSA) is 98.2 Å². The average Bonchev–Trinajstić information content (AvgIpc) is 2.49. The van der Waals surface area contributed by atoms with E-state index in [-0.39, 0.29) is 25.9 Å². The third kappa shape index (κ3) is 3.40. The van der Waals surface area contributed by atoms with Gasteiger partial charge in [-0.05, 0) is 18.4 Å². The molecule has 1 aromatic rings. The summed E-state index contributed by atoms with van der Waals surface area (Å²) in [5, 5.41) is 20.1. The fourth-order valence-corrected chi connectivity index (χ4v) is 4.00. The molecule has 0 aromatic heterocycles. The fraction of sp³-hybridized carbons (Fsp3) is 0.533. The van der Waals surface area contributed by atoms with Gasteiger partial charge in [-0.2, -0.15) is 17.0 Å². The monoisotopic (exact) mass is 342 g/mol. The van der Waals surface area contributed by atoms with Crippen LogP contribution in [0.3, 0.4) is 0 Å². The molecule has 1 saturated heterocycles. The van der Waals surface area contributed by atoms with Crippen LogP contribution in [-0.2, 0) is 21.4 Å². The molecule has 1 fully saturated rings. The van der Waals surface area contributed by atoms with Crippen molar-refractivity contribution >= 4 is 16.2 Å². The van der Waals surface area contributed by atoms with Crippen LogP contribution in [0.4, 0.5) is 0 Å². The summed E-state index contributed by atoms with van der Waals surface area (Å²) in [6, 6.07) is 9.06. The predicted molar refractivity (Wildman–Crippen MR) is 85.0 cm³/mol. The first-order valence-electron chi connectivity index (χ1n) is 7.33. The summed E-state index contributed by atoms with van der Waals surface area (Å²) in [7, 11) is -0.853. The van der Waals surface area contributed by atoms with Gasteiger partial charge < -0.3 is 10.2 Å². The quantitative estimate of drug-likeness (QED) is 0.795. The van der Waals surface area contributed by atoms with Gasteiger partial charge in [0.2, 0.25) is 0 Å². The van der Waals surface area contributed by atoms with Crippen molar-refractivity contribution in [3.63, 3.8) is 0 Å². The molecular formula is C15H22N2O5S. The molecule has 1 heterocycles. The third-order valence-electron chi connectivity index (χ3n) is 4.40. The predicted octanol–water partition coefficient (Wildman–Crippen LogP) is 0.173. The summed E-state index contributed by atoms with van der Waals surface area (Å²) in [6.07, 6.45) is -1.05. The number of rotatable bonds is 5. The molecule has 0 radical (unpaired) electrons. The van der Waals surface area contributed by atoms with Crippen LogP contribution < -0.4 is 0 Å². The Bertz CT molecular complexity index is 662. The van der Waals surface area contributed by atoms with Gasteiger partial charge in [0.15, 0.2) is 0 Å². The zero-order valence-corrected chi connectivity index (χ0v) is 14.0.